The van der Waals surface area contributed by atoms with Crippen molar-refractivity contribution >= 4 is 29.1 Å². The van der Waals surface area contributed by atoms with E-state index >= 15 is 0 Å². The number of nitrogens with one attached hydrogen (secondary N) is 1. The van der Waals surface area contributed by atoms with Gasteiger partial charge in [0.1, 0.15) is 11.6 Å². The fourth-order valence-corrected chi connectivity index (χ4v) is 4.07. The van der Waals surface area contributed by atoms with Crippen LogP contribution in [0.25, 0.3) is 11.0 Å². The minimum absolute atomic E-state index is 0.122. The molecule has 0 saturated carbocycles. The van der Waals surface area contributed by atoms with E-state index in [2.05, 4.69) is 25.3 Å². The van der Waals surface area contributed by atoms with Crippen molar-refractivity contribution < 1.29 is 13.6 Å². The molecule has 8 nitrogen and oxygen atoms in total. The Morgan fingerprint density at radius 3 is 2.63 bits per heavy atom. The first-order valence-corrected chi connectivity index (χ1v) is 9.81. The molecule has 2 aliphatic rings. The minimum atomic E-state index is -0.660. The molecule has 1 atom stereocenters. The number of rotatable bonds is 3. The second-order valence-electron chi connectivity index (χ2n) is 7.54. The number of carbonyl (C=O) groups is 1. The summed E-state index contributed by atoms with van der Waals surface area (Å²) in [6.45, 7) is 1.26. The van der Waals surface area contributed by atoms with Crippen molar-refractivity contribution in [2.75, 3.05) is 18.0 Å². The average molecular weight is 411 g/mol. The smallest absolute Gasteiger partial charge is 0.246 e. The SMILES string of the molecule is O=C(C1CCN(c2ncc3cn[nH]c3n2)CC1)N1N=CC[C@H]1c1cc(F)cc(F)c1. The summed E-state index contributed by atoms with van der Waals surface area (Å²) < 4.78 is 27.3. The Labute approximate surface area is 170 Å². The van der Waals surface area contributed by atoms with Crippen molar-refractivity contribution in [2.24, 2.45) is 11.0 Å². The molecular formula is C20H19F2N7O. The van der Waals surface area contributed by atoms with Crippen molar-refractivity contribution in [1.82, 2.24) is 25.2 Å². The molecule has 1 N–H and O–H groups in total. The van der Waals surface area contributed by atoms with Gasteiger partial charge in [-0.05, 0) is 30.5 Å². The number of aromatic amines is 1. The van der Waals surface area contributed by atoms with Gasteiger partial charge in [-0.1, -0.05) is 0 Å². The molecule has 0 aliphatic carbocycles. The van der Waals surface area contributed by atoms with Crippen LogP contribution in [0.4, 0.5) is 14.7 Å². The van der Waals surface area contributed by atoms with Gasteiger partial charge in [-0.15, -0.1) is 0 Å². The molecule has 10 heteroatoms. The normalized spacial score (nSPS) is 19.7. The summed E-state index contributed by atoms with van der Waals surface area (Å²) in [5, 5.41) is 13.2. The quantitative estimate of drug-likeness (QED) is 0.716. The summed E-state index contributed by atoms with van der Waals surface area (Å²) in [6, 6.07) is 2.86. The zero-order valence-corrected chi connectivity index (χ0v) is 16.0. The lowest BCUT2D eigenvalue weighted by molar-refractivity contribution is -0.138. The number of benzene rings is 1. The van der Waals surface area contributed by atoms with Crippen LogP contribution in [0.5, 0.6) is 0 Å². The zero-order chi connectivity index (χ0) is 20.7. The number of hydrogen-bond donors (Lipinski definition) is 1. The van der Waals surface area contributed by atoms with Crippen molar-refractivity contribution in [3.05, 3.63) is 47.8 Å². The minimum Gasteiger partial charge on any atom is -0.341 e. The summed E-state index contributed by atoms with van der Waals surface area (Å²) in [7, 11) is 0. The van der Waals surface area contributed by atoms with Gasteiger partial charge in [0.2, 0.25) is 11.9 Å². The van der Waals surface area contributed by atoms with Crippen LogP contribution < -0.4 is 4.90 Å². The first-order valence-electron chi connectivity index (χ1n) is 9.81. The summed E-state index contributed by atoms with van der Waals surface area (Å²) in [4.78, 5) is 24.0. The number of nitrogens with zero attached hydrogens (tertiary/aromatic N) is 6. The number of halogens is 2. The Morgan fingerprint density at radius 2 is 1.87 bits per heavy atom. The Hall–Kier alpha value is -3.43. The van der Waals surface area contributed by atoms with Crippen LogP contribution in [0.2, 0.25) is 0 Å². The van der Waals surface area contributed by atoms with Crippen molar-refractivity contribution in [3.63, 3.8) is 0 Å². The number of aromatic nitrogens is 4. The summed E-state index contributed by atoms with van der Waals surface area (Å²) in [5.74, 6) is -1.06. The standard InChI is InChI=1S/C20H19F2N7O/c21-15-7-13(8-16(22)9-15)17-1-4-25-29(17)19(30)12-2-5-28(6-3-12)20-23-10-14-11-24-27-18(14)26-20/h4,7-12,17H,1-3,5-6H2,(H,23,24,26,27)/t17-/m0/s1. The number of H-pyrrole nitrogens is 1. The molecule has 3 aromatic rings. The molecule has 0 bridgehead atoms. The predicted octanol–water partition coefficient (Wildman–Crippen LogP) is 2.81. The third-order valence-electron chi connectivity index (χ3n) is 5.63. The van der Waals surface area contributed by atoms with E-state index in [4.69, 9.17) is 0 Å². The number of amides is 1. The lowest BCUT2D eigenvalue weighted by Crippen LogP contribution is -2.41. The largest absolute Gasteiger partial charge is 0.341 e. The highest BCUT2D eigenvalue weighted by Gasteiger charge is 2.35. The Morgan fingerprint density at radius 1 is 1.10 bits per heavy atom. The van der Waals surface area contributed by atoms with Gasteiger partial charge in [-0.3, -0.25) is 9.89 Å². The van der Waals surface area contributed by atoms with Crippen LogP contribution in [-0.2, 0) is 4.79 Å². The van der Waals surface area contributed by atoms with Gasteiger partial charge < -0.3 is 4.90 Å². The molecule has 0 unspecified atom stereocenters. The average Bonchev–Trinajstić information content (AvgIpc) is 3.41. The van der Waals surface area contributed by atoms with E-state index in [0.29, 0.717) is 49.5 Å². The van der Waals surface area contributed by atoms with Gasteiger partial charge in [0, 0.05) is 43.9 Å². The van der Waals surface area contributed by atoms with E-state index in [1.54, 1.807) is 18.6 Å². The van der Waals surface area contributed by atoms with Gasteiger partial charge in [-0.2, -0.15) is 15.2 Å². The van der Waals surface area contributed by atoms with Gasteiger partial charge in [-0.25, -0.2) is 18.8 Å². The topological polar surface area (TPSA) is 90.4 Å². The molecule has 0 spiro atoms. The van der Waals surface area contributed by atoms with Gasteiger partial charge in [0.25, 0.3) is 0 Å². The molecule has 1 fully saturated rings. The molecule has 1 amide bonds. The third kappa shape index (κ3) is 3.38. The number of hydrogen-bond acceptors (Lipinski definition) is 6. The maximum Gasteiger partial charge on any atom is 0.246 e. The van der Waals surface area contributed by atoms with E-state index < -0.39 is 17.7 Å². The van der Waals surface area contributed by atoms with Crippen LogP contribution in [0.1, 0.15) is 30.9 Å². The molecule has 154 valence electrons. The number of anilines is 1. The van der Waals surface area contributed by atoms with E-state index in [1.165, 1.54) is 17.1 Å². The highest BCUT2D eigenvalue weighted by molar-refractivity contribution is 5.82. The summed E-state index contributed by atoms with van der Waals surface area (Å²) in [5.41, 5.74) is 1.09. The first kappa shape index (κ1) is 18.6. The molecule has 30 heavy (non-hydrogen) atoms. The first-order chi connectivity index (χ1) is 14.6. The highest BCUT2D eigenvalue weighted by atomic mass is 19.1. The molecule has 5 rings (SSSR count). The zero-order valence-electron chi connectivity index (χ0n) is 16.0. The van der Waals surface area contributed by atoms with Crippen LogP contribution in [0.3, 0.4) is 0 Å². The van der Waals surface area contributed by atoms with Gasteiger partial charge in [0.15, 0.2) is 5.65 Å². The molecule has 2 aliphatic heterocycles. The maximum absolute atomic E-state index is 13.6. The lowest BCUT2D eigenvalue weighted by Gasteiger charge is -2.33. The Balaban J connectivity index is 1.27. The fourth-order valence-electron chi connectivity index (χ4n) is 4.07. The molecule has 1 aromatic carbocycles. The summed E-state index contributed by atoms with van der Waals surface area (Å²) >= 11 is 0. The van der Waals surface area contributed by atoms with Crippen LogP contribution in [0, 0.1) is 17.6 Å². The van der Waals surface area contributed by atoms with E-state index in [1.807, 2.05) is 4.90 Å². The number of fused-ring (bicyclic) bond motifs is 1. The molecule has 2 aromatic heterocycles. The van der Waals surface area contributed by atoms with Crippen molar-refractivity contribution in [1.29, 1.82) is 0 Å². The monoisotopic (exact) mass is 411 g/mol. The second kappa shape index (κ2) is 7.43. The van der Waals surface area contributed by atoms with Crippen LogP contribution in [0.15, 0.2) is 35.7 Å². The number of piperidine rings is 1. The van der Waals surface area contributed by atoms with Crippen LogP contribution in [-0.4, -0.2) is 50.4 Å². The van der Waals surface area contributed by atoms with Crippen molar-refractivity contribution in [2.45, 2.75) is 25.3 Å². The number of hydrazone groups is 1. The number of carbonyl (C=O) groups excluding carboxylic acids is 1. The van der Waals surface area contributed by atoms with Crippen molar-refractivity contribution in [3.8, 4) is 0 Å². The fraction of sp³-hybridized carbons (Fsp3) is 0.350. The van der Waals surface area contributed by atoms with Crippen LogP contribution >= 0.6 is 0 Å². The molecule has 1 saturated heterocycles. The molecule has 4 heterocycles. The third-order valence-corrected chi connectivity index (χ3v) is 5.63. The predicted molar refractivity (Wildman–Crippen MR) is 106 cm³/mol. The Kier molecular flexibility index (Phi) is 4.61. The maximum atomic E-state index is 13.6. The Bertz CT molecular complexity index is 1100. The lowest BCUT2D eigenvalue weighted by atomic mass is 9.94. The second-order valence-corrected chi connectivity index (χ2v) is 7.54. The highest BCUT2D eigenvalue weighted by Crippen LogP contribution is 2.33. The molecule has 0 radical (unpaired) electrons. The van der Waals surface area contributed by atoms with E-state index in [9.17, 15) is 13.6 Å². The van der Waals surface area contributed by atoms with E-state index in [0.717, 1.165) is 11.5 Å². The summed E-state index contributed by atoms with van der Waals surface area (Å²) in [6.07, 6.45) is 6.69. The molecular weight excluding hydrogens is 392 g/mol. The van der Waals surface area contributed by atoms with Gasteiger partial charge in [0.05, 0.1) is 17.6 Å². The van der Waals surface area contributed by atoms with Gasteiger partial charge >= 0.3 is 0 Å². The van der Waals surface area contributed by atoms with E-state index in [-0.39, 0.29) is 11.8 Å².